The molecule has 0 spiro atoms. The predicted molar refractivity (Wildman–Crippen MR) is 116 cm³/mol. The maximum absolute atomic E-state index is 11.5. The molecule has 0 saturated carbocycles. The molecule has 0 fully saturated rings. The summed E-state index contributed by atoms with van der Waals surface area (Å²) in [5.74, 6) is 2.10. The summed E-state index contributed by atoms with van der Waals surface area (Å²) in [6.45, 7) is 4.35. The van der Waals surface area contributed by atoms with Crippen molar-refractivity contribution in [2.45, 2.75) is 31.7 Å². The van der Waals surface area contributed by atoms with Gasteiger partial charge in [-0.3, -0.25) is 4.79 Å². The van der Waals surface area contributed by atoms with Gasteiger partial charge in [-0.2, -0.15) is 0 Å². The number of ketones is 1. The molecule has 0 aliphatic heterocycles. The number of Topliss-reactive ketones (excluding diaryl/α,β-unsaturated/α-hetero) is 1. The van der Waals surface area contributed by atoms with Crippen molar-refractivity contribution in [1.29, 1.82) is 0 Å². The normalized spacial score (nSPS) is 11.9. The molecule has 1 aromatic heterocycles. The van der Waals surface area contributed by atoms with E-state index in [1.165, 1.54) is 25.8 Å². The Morgan fingerprint density at radius 3 is 2.60 bits per heavy atom. The number of nitrogens with zero attached hydrogens (tertiary/aromatic N) is 3. The molecule has 3 rings (SSSR count). The van der Waals surface area contributed by atoms with Crippen molar-refractivity contribution in [1.82, 2.24) is 14.8 Å². The smallest absolute Gasteiger partial charge is 0.191 e. The summed E-state index contributed by atoms with van der Waals surface area (Å²) >= 11 is 1.43. The number of aromatic nitrogens is 3. The highest BCUT2D eigenvalue weighted by Crippen LogP contribution is 2.29. The first kappa shape index (κ1) is 21.9. The van der Waals surface area contributed by atoms with Crippen molar-refractivity contribution in [3.8, 4) is 22.9 Å². The van der Waals surface area contributed by atoms with Crippen molar-refractivity contribution in [3.63, 3.8) is 0 Å². The fraction of sp³-hybridized carbons (Fsp3) is 0.318. The number of benzene rings is 2. The van der Waals surface area contributed by atoms with Crippen molar-refractivity contribution < 1.29 is 19.4 Å². The minimum Gasteiger partial charge on any atom is -0.493 e. The van der Waals surface area contributed by atoms with Gasteiger partial charge in [0.2, 0.25) is 0 Å². The van der Waals surface area contributed by atoms with E-state index in [-0.39, 0.29) is 12.4 Å². The average molecular weight is 428 g/mol. The minimum atomic E-state index is -0.714. The third-order valence-electron chi connectivity index (χ3n) is 4.47. The molecule has 0 saturated heterocycles. The van der Waals surface area contributed by atoms with Gasteiger partial charge in [-0.15, -0.1) is 10.2 Å². The van der Waals surface area contributed by atoms with E-state index >= 15 is 0 Å². The molecule has 0 amide bonds. The fourth-order valence-electron chi connectivity index (χ4n) is 2.89. The number of aliphatic hydroxyl groups excluding tert-OH is 1. The van der Waals surface area contributed by atoms with Gasteiger partial charge in [0.05, 0.1) is 13.2 Å². The van der Waals surface area contributed by atoms with E-state index in [0.29, 0.717) is 22.8 Å². The standard InChI is InChI=1S/C22H25N3O4S/c1-4-25-21(16-8-6-5-7-9-16)23-24-22(25)30-14-18(27)13-29-19-11-10-17(15(2)26)12-20(19)28-3/h5-12,18,27H,4,13-14H2,1-3H3. The second-order valence-corrected chi connectivity index (χ2v) is 7.60. The van der Waals surface area contributed by atoms with E-state index < -0.39 is 6.10 Å². The summed E-state index contributed by atoms with van der Waals surface area (Å²) in [6, 6.07) is 14.9. The highest BCUT2D eigenvalue weighted by molar-refractivity contribution is 7.99. The zero-order valence-corrected chi connectivity index (χ0v) is 18.1. The van der Waals surface area contributed by atoms with Crippen molar-refractivity contribution in [2.75, 3.05) is 19.5 Å². The largest absolute Gasteiger partial charge is 0.493 e. The van der Waals surface area contributed by atoms with Crippen LogP contribution in [0.1, 0.15) is 24.2 Å². The van der Waals surface area contributed by atoms with Crippen molar-refractivity contribution in [2.24, 2.45) is 0 Å². The van der Waals surface area contributed by atoms with Crippen molar-refractivity contribution >= 4 is 17.5 Å². The topological polar surface area (TPSA) is 86.5 Å². The number of hydrogen-bond donors (Lipinski definition) is 1. The van der Waals surface area contributed by atoms with Crippen LogP contribution in [0.3, 0.4) is 0 Å². The van der Waals surface area contributed by atoms with E-state index in [0.717, 1.165) is 23.1 Å². The zero-order chi connectivity index (χ0) is 21.5. The molecular formula is C22H25N3O4S. The molecule has 7 nitrogen and oxygen atoms in total. The van der Waals surface area contributed by atoms with Gasteiger partial charge in [-0.25, -0.2) is 0 Å². The molecule has 1 unspecified atom stereocenters. The molecule has 3 aromatic rings. The van der Waals surface area contributed by atoms with Crippen LogP contribution >= 0.6 is 11.8 Å². The Bertz CT molecular complexity index is 991. The van der Waals surface area contributed by atoms with E-state index in [4.69, 9.17) is 9.47 Å². The lowest BCUT2D eigenvalue weighted by Gasteiger charge is -2.15. The fourth-order valence-corrected chi connectivity index (χ4v) is 3.80. The quantitative estimate of drug-likeness (QED) is 0.390. The lowest BCUT2D eigenvalue weighted by Crippen LogP contribution is -2.20. The summed E-state index contributed by atoms with van der Waals surface area (Å²) in [5.41, 5.74) is 1.55. The Balaban J connectivity index is 1.60. The Labute approximate surface area is 180 Å². The molecule has 1 heterocycles. The first-order valence-electron chi connectivity index (χ1n) is 9.64. The molecule has 0 radical (unpaired) electrons. The van der Waals surface area contributed by atoms with Crippen LogP contribution in [0.25, 0.3) is 11.4 Å². The number of rotatable bonds is 10. The minimum absolute atomic E-state index is 0.0498. The average Bonchev–Trinajstić information content (AvgIpc) is 3.19. The van der Waals surface area contributed by atoms with Crippen LogP contribution in [-0.2, 0) is 6.54 Å². The van der Waals surface area contributed by atoms with Crippen LogP contribution in [0.5, 0.6) is 11.5 Å². The van der Waals surface area contributed by atoms with Gasteiger partial charge in [0.25, 0.3) is 0 Å². The maximum Gasteiger partial charge on any atom is 0.191 e. The van der Waals surface area contributed by atoms with Crippen molar-refractivity contribution in [3.05, 3.63) is 54.1 Å². The second-order valence-electron chi connectivity index (χ2n) is 6.61. The number of methoxy groups -OCH3 is 1. The van der Waals surface area contributed by atoms with E-state index in [1.807, 2.05) is 41.8 Å². The van der Waals surface area contributed by atoms with Crippen LogP contribution < -0.4 is 9.47 Å². The van der Waals surface area contributed by atoms with Crippen LogP contribution in [0, 0.1) is 0 Å². The summed E-state index contributed by atoms with van der Waals surface area (Å²) < 4.78 is 13.0. The first-order valence-corrected chi connectivity index (χ1v) is 10.6. The first-order chi connectivity index (χ1) is 14.5. The lowest BCUT2D eigenvalue weighted by molar-refractivity contribution is 0.101. The third-order valence-corrected chi connectivity index (χ3v) is 5.58. The third kappa shape index (κ3) is 5.20. The number of carbonyl (C=O) groups is 1. The second kappa shape index (κ2) is 10.3. The van der Waals surface area contributed by atoms with Crippen LogP contribution in [-0.4, -0.2) is 51.2 Å². The summed E-state index contributed by atoms with van der Waals surface area (Å²) in [6.07, 6.45) is -0.714. The van der Waals surface area contributed by atoms with Gasteiger partial charge in [-0.05, 0) is 32.0 Å². The molecule has 1 N–H and O–H groups in total. The van der Waals surface area contributed by atoms with Crippen LogP contribution in [0.15, 0.2) is 53.7 Å². The summed E-state index contributed by atoms with van der Waals surface area (Å²) in [4.78, 5) is 11.5. The Morgan fingerprint density at radius 2 is 1.93 bits per heavy atom. The molecule has 8 heteroatoms. The number of hydrogen-bond acceptors (Lipinski definition) is 7. The number of aliphatic hydroxyl groups is 1. The SMILES string of the molecule is CCn1c(SCC(O)COc2ccc(C(C)=O)cc2OC)nnc1-c1ccccc1. The molecule has 0 aliphatic rings. The van der Waals surface area contributed by atoms with Gasteiger partial charge in [0.1, 0.15) is 6.61 Å². The number of thioether (sulfide) groups is 1. The van der Waals surface area contributed by atoms with E-state index in [2.05, 4.69) is 10.2 Å². The molecular weight excluding hydrogens is 402 g/mol. The number of carbonyl (C=O) groups excluding carboxylic acids is 1. The Morgan fingerprint density at radius 1 is 1.17 bits per heavy atom. The van der Waals surface area contributed by atoms with Gasteiger partial charge in [-0.1, -0.05) is 42.1 Å². The van der Waals surface area contributed by atoms with Gasteiger partial charge in [0.15, 0.2) is 28.3 Å². The highest BCUT2D eigenvalue weighted by Gasteiger charge is 2.16. The summed E-state index contributed by atoms with van der Waals surface area (Å²) in [5, 5.41) is 19.7. The molecule has 1 atom stereocenters. The molecule has 30 heavy (non-hydrogen) atoms. The molecule has 0 aliphatic carbocycles. The van der Waals surface area contributed by atoms with Crippen LogP contribution in [0.4, 0.5) is 0 Å². The maximum atomic E-state index is 11.5. The Kier molecular flexibility index (Phi) is 7.48. The van der Waals surface area contributed by atoms with Gasteiger partial charge in [0, 0.05) is 23.4 Å². The van der Waals surface area contributed by atoms with Crippen LogP contribution in [0.2, 0.25) is 0 Å². The number of ether oxygens (including phenoxy) is 2. The molecule has 158 valence electrons. The van der Waals surface area contributed by atoms with E-state index in [1.54, 1.807) is 18.2 Å². The van der Waals surface area contributed by atoms with E-state index in [9.17, 15) is 9.90 Å². The molecule has 0 bridgehead atoms. The monoisotopic (exact) mass is 427 g/mol. The summed E-state index contributed by atoms with van der Waals surface area (Å²) in [7, 11) is 1.51. The van der Waals surface area contributed by atoms with Gasteiger partial charge < -0.3 is 19.1 Å². The Hall–Kier alpha value is -2.84. The highest BCUT2D eigenvalue weighted by atomic mass is 32.2. The predicted octanol–water partition coefficient (Wildman–Crippen LogP) is 3.71. The lowest BCUT2D eigenvalue weighted by atomic mass is 10.1. The zero-order valence-electron chi connectivity index (χ0n) is 17.2. The molecule has 2 aromatic carbocycles. The van der Waals surface area contributed by atoms with Gasteiger partial charge >= 0.3 is 0 Å².